The number of hydrogen-bond acceptors (Lipinski definition) is 3. The predicted molar refractivity (Wildman–Crippen MR) is 91.9 cm³/mol. The molecule has 0 aromatic rings. The minimum absolute atomic E-state index is 0.0723. The molecule has 128 valence electrons. The second kappa shape index (κ2) is 13.8. The van der Waals surface area contributed by atoms with Crippen LogP contribution >= 0.6 is 11.6 Å². The summed E-state index contributed by atoms with van der Waals surface area (Å²) in [7, 11) is 0. The lowest BCUT2D eigenvalue weighted by molar-refractivity contribution is -0.148. The molecule has 2 unspecified atom stereocenters. The highest BCUT2D eigenvalue weighted by molar-refractivity contribution is 6.63. The first-order valence-corrected chi connectivity index (χ1v) is 8.95. The molecule has 4 heteroatoms. The second-order valence-corrected chi connectivity index (χ2v) is 6.05. The van der Waals surface area contributed by atoms with Crippen molar-refractivity contribution in [2.75, 3.05) is 6.61 Å². The van der Waals surface area contributed by atoms with Crippen LogP contribution in [-0.4, -0.2) is 17.8 Å². The summed E-state index contributed by atoms with van der Waals surface area (Å²) in [5.74, 6) is -0.289. The van der Waals surface area contributed by atoms with Crippen molar-refractivity contribution < 1.29 is 14.3 Å². The standard InChI is InChI=1S/C18H31ClO3/c1-4-7-11-15(17(19)20)13-9-10-14-16(12-8-5-2)18(21)22-6-3/h9-10,15-16H,4-8,11-14H2,1-3H3. The van der Waals surface area contributed by atoms with Gasteiger partial charge in [0.2, 0.25) is 5.24 Å². The van der Waals surface area contributed by atoms with Crippen molar-refractivity contribution in [3.8, 4) is 0 Å². The van der Waals surface area contributed by atoms with Crippen LogP contribution in [0.1, 0.15) is 72.1 Å². The van der Waals surface area contributed by atoms with E-state index in [1.54, 1.807) is 0 Å². The summed E-state index contributed by atoms with van der Waals surface area (Å²) in [6.45, 7) is 6.46. The third kappa shape index (κ3) is 9.99. The maximum Gasteiger partial charge on any atom is 0.309 e. The van der Waals surface area contributed by atoms with Crippen molar-refractivity contribution in [3.05, 3.63) is 12.2 Å². The van der Waals surface area contributed by atoms with Crippen LogP contribution in [0.4, 0.5) is 0 Å². The number of carbonyl (C=O) groups excluding carboxylic acids is 2. The molecule has 0 aliphatic rings. The van der Waals surface area contributed by atoms with E-state index in [9.17, 15) is 9.59 Å². The molecule has 0 saturated heterocycles. The van der Waals surface area contributed by atoms with E-state index in [0.29, 0.717) is 19.4 Å². The van der Waals surface area contributed by atoms with E-state index in [0.717, 1.165) is 38.5 Å². The first-order valence-electron chi connectivity index (χ1n) is 8.57. The Balaban J connectivity index is 4.35. The topological polar surface area (TPSA) is 43.4 Å². The summed E-state index contributed by atoms with van der Waals surface area (Å²) in [5, 5.41) is -0.258. The van der Waals surface area contributed by atoms with Crippen molar-refractivity contribution >= 4 is 22.8 Å². The molecule has 0 amide bonds. The van der Waals surface area contributed by atoms with Gasteiger partial charge in [0.1, 0.15) is 0 Å². The summed E-state index contributed by atoms with van der Waals surface area (Å²) in [6.07, 6.45) is 11.2. The molecule has 3 nitrogen and oxygen atoms in total. The lowest BCUT2D eigenvalue weighted by Crippen LogP contribution is -2.17. The number of allylic oxidation sites excluding steroid dienone is 2. The van der Waals surface area contributed by atoms with E-state index in [2.05, 4.69) is 13.8 Å². The van der Waals surface area contributed by atoms with Crippen LogP contribution < -0.4 is 0 Å². The van der Waals surface area contributed by atoms with Crippen LogP contribution in [0.5, 0.6) is 0 Å². The molecule has 0 N–H and O–H groups in total. The molecule has 0 rings (SSSR count). The molecular formula is C18H31ClO3. The third-order valence-electron chi connectivity index (χ3n) is 3.76. The first-order chi connectivity index (χ1) is 10.6. The first kappa shape index (κ1) is 21.2. The zero-order valence-corrected chi connectivity index (χ0v) is 15.0. The van der Waals surface area contributed by atoms with Gasteiger partial charge in [-0.15, -0.1) is 0 Å². The molecular weight excluding hydrogens is 300 g/mol. The summed E-state index contributed by atoms with van der Waals surface area (Å²) >= 11 is 5.63. The van der Waals surface area contributed by atoms with Gasteiger partial charge in [0.05, 0.1) is 12.5 Å². The minimum atomic E-state index is -0.258. The van der Waals surface area contributed by atoms with E-state index < -0.39 is 0 Å². The third-order valence-corrected chi connectivity index (χ3v) is 4.07. The average Bonchev–Trinajstić information content (AvgIpc) is 2.49. The Morgan fingerprint density at radius 3 is 1.91 bits per heavy atom. The molecule has 0 bridgehead atoms. The van der Waals surface area contributed by atoms with Crippen LogP contribution in [0, 0.1) is 11.8 Å². The van der Waals surface area contributed by atoms with Gasteiger partial charge in [-0.1, -0.05) is 51.7 Å². The van der Waals surface area contributed by atoms with E-state index in [1.165, 1.54) is 0 Å². The highest BCUT2D eigenvalue weighted by atomic mass is 35.5. The maximum absolute atomic E-state index is 11.9. The van der Waals surface area contributed by atoms with Crippen molar-refractivity contribution in [3.63, 3.8) is 0 Å². The van der Waals surface area contributed by atoms with Crippen molar-refractivity contribution in [2.45, 2.75) is 72.1 Å². The lowest BCUT2D eigenvalue weighted by Gasteiger charge is -2.13. The minimum Gasteiger partial charge on any atom is -0.466 e. The Morgan fingerprint density at radius 2 is 1.45 bits per heavy atom. The Morgan fingerprint density at radius 1 is 0.955 bits per heavy atom. The number of hydrogen-bond donors (Lipinski definition) is 0. The monoisotopic (exact) mass is 330 g/mol. The highest BCUT2D eigenvalue weighted by Gasteiger charge is 2.18. The average molecular weight is 331 g/mol. The number of unbranched alkanes of at least 4 members (excludes halogenated alkanes) is 2. The smallest absolute Gasteiger partial charge is 0.309 e. The molecule has 0 saturated carbocycles. The zero-order chi connectivity index (χ0) is 16.8. The fourth-order valence-corrected chi connectivity index (χ4v) is 2.54. The summed E-state index contributed by atoms with van der Waals surface area (Å²) in [6, 6.07) is 0. The molecule has 0 heterocycles. The number of carbonyl (C=O) groups is 2. The molecule has 0 aliphatic carbocycles. The van der Waals surface area contributed by atoms with Crippen molar-refractivity contribution in [2.24, 2.45) is 11.8 Å². The quantitative estimate of drug-likeness (QED) is 0.263. The van der Waals surface area contributed by atoms with Gasteiger partial charge < -0.3 is 4.74 Å². The summed E-state index contributed by atoms with van der Waals surface area (Å²) in [5.41, 5.74) is 0. The van der Waals surface area contributed by atoms with E-state index in [4.69, 9.17) is 16.3 Å². The molecule has 0 radical (unpaired) electrons. The van der Waals surface area contributed by atoms with E-state index in [1.807, 2.05) is 19.1 Å². The fourth-order valence-electron chi connectivity index (χ4n) is 2.34. The zero-order valence-electron chi connectivity index (χ0n) is 14.3. The SMILES string of the molecule is CCCCC(CC=CCC(CCCC)C(=O)OCC)C(=O)Cl. The fraction of sp³-hybridized carbons (Fsp3) is 0.778. The predicted octanol–water partition coefficient (Wildman–Crippen LogP) is 5.26. The molecule has 2 atom stereocenters. The Bertz CT molecular complexity index is 339. The Hall–Kier alpha value is -0.830. The number of rotatable bonds is 13. The van der Waals surface area contributed by atoms with Crippen molar-refractivity contribution in [1.82, 2.24) is 0 Å². The van der Waals surface area contributed by atoms with Gasteiger partial charge in [-0.05, 0) is 44.2 Å². The highest BCUT2D eigenvalue weighted by Crippen LogP contribution is 2.19. The van der Waals surface area contributed by atoms with Crippen molar-refractivity contribution in [1.29, 1.82) is 0 Å². The van der Waals surface area contributed by atoms with Crippen LogP contribution in [0.25, 0.3) is 0 Å². The van der Waals surface area contributed by atoms with Gasteiger partial charge in [0.15, 0.2) is 0 Å². The normalized spacial score (nSPS) is 14.0. The van der Waals surface area contributed by atoms with Gasteiger partial charge in [-0.25, -0.2) is 0 Å². The molecule has 22 heavy (non-hydrogen) atoms. The van der Waals surface area contributed by atoms with Gasteiger partial charge in [0.25, 0.3) is 0 Å². The number of esters is 1. The summed E-state index contributed by atoms with van der Waals surface area (Å²) in [4.78, 5) is 23.3. The van der Waals surface area contributed by atoms with Crippen LogP contribution in [0.3, 0.4) is 0 Å². The Kier molecular flexibility index (Phi) is 13.3. The molecule has 0 spiro atoms. The number of halogens is 1. The second-order valence-electron chi connectivity index (χ2n) is 5.68. The molecule has 0 fully saturated rings. The van der Waals surface area contributed by atoms with Gasteiger partial charge >= 0.3 is 5.97 Å². The largest absolute Gasteiger partial charge is 0.466 e. The van der Waals surface area contributed by atoms with Crippen LogP contribution in [0.2, 0.25) is 0 Å². The van der Waals surface area contributed by atoms with Crippen LogP contribution in [-0.2, 0) is 14.3 Å². The van der Waals surface area contributed by atoms with E-state index >= 15 is 0 Å². The summed E-state index contributed by atoms with van der Waals surface area (Å²) < 4.78 is 5.12. The molecule has 0 aromatic carbocycles. The maximum atomic E-state index is 11.9. The molecule has 0 aliphatic heterocycles. The van der Waals surface area contributed by atoms with Gasteiger partial charge in [-0.2, -0.15) is 0 Å². The Labute approximate surface area is 140 Å². The van der Waals surface area contributed by atoms with Crippen LogP contribution in [0.15, 0.2) is 12.2 Å². The van der Waals surface area contributed by atoms with E-state index in [-0.39, 0.29) is 23.0 Å². The molecule has 0 aromatic heterocycles. The van der Waals surface area contributed by atoms with Gasteiger partial charge in [0, 0.05) is 5.92 Å². The lowest BCUT2D eigenvalue weighted by atomic mass is 9.96. The van der Waals surface area contributed by atoms with Gasteiger partial charge in [-0.3, -0.25) is 9.59 Å². The number of ether oxygens (including phenoxy) is 1.